The van der Waals surface area contributed by atoms with Gasteiger partial charge in [-0.05, 0) is 18.4 Å². The molecule has 1 fully saturated rings. The zero-order valence-corrected chi connectivity index (χ0v) is 20.9. The zero-order valence-electron chi connectivity index (χ0n) is 20.9. The standard InChI is InChI=1S/C25H28F3N7O3/c1-31-17(12-33-9-15-7-16(11-33)18-3-2-4-22(37)35(18)10-15)8-20(36)23(38)19(31)13-32-5-6-34-21(14-32)29-30-24(34)25(26,27)28/h2-4,8,15-16,38H,5-7,9-14H2,1H3/t15-,16-/m0/s1. The molecule has 0 spiro atoms. The quantitative estimate of drug-likeness (QED) is 0.545. The lowest BCUT2D eigenvalue weighted by molar-refractivity contribution is -0.148. The van der Waals surface area contributed by atoms with E-state index in [4.69, 9.17) is 0 Å². The van der Waals surface area contributed by atoms with Crippen LogP contribution in [0.1, 0.15) is 41.1 Å². The van der Waals surface area contributed by atoms with Crippen LogP contribution in [0.15, 0.2) is 33.9 Å². The van der Waals surface area contributed by atoms with Crippen LogP contribution in [0.5, 0.6) is 5.75 Å². The summed E-state index contributed by atoms with van der Waals surface area (Å²) in [5.74, 6) is -0.602. The molecule has 3 aromatic rings. The highest BCUT2D eigenvalue weighted by Gasteiger charge is 2.40. The van der Waals surface area contributed by atoms with E-state index in [2.05, 4.69) is 15.1 Å². The molecular weight excluding hydrogens is 503 g/mol. The minimum atomic E-state index is -4.57. The third-order valence-electron chi connectivity index (χ3n) is 8.04. The number of likely N-dealkylation sites (tertiary alicyclic amines) is 1. The summed E-state index contributed by atoms with van der Waals surface area (Å²) < 4.78 is 44.3. The number of piperidine rings is 1. The SMILES string of the molecule is Cn1c(CN2C[C@@H]3C[C@@H](C2)c2cccc(=O)n2C3)cc(=O)c(O)c1CN1CCn2c(nnc2C(F)(F)F)C1. The molecule has 0 amide bonds. The van der Waals surface area contributed by atoms with E-state index in [9.17, 15) is 27.9 Å². The van der Waals surface area contributed by atoms with Crippen LogP contribution >= 0.6 is 0 Å². The van der Waals surface area contributed by atoms with Crippen molar-refractivity contribution in [2.75, 3.05) is 19.6 Å². The lowest BCUT2D eigenvalue weighted by Crippen LogP contribution is -2.47. The second-order valence-electron chi connectivity index (χ2n) is 10.5. The van der Waals surface area contributed by atoms with Crippen molar-refractivity contribution in [3.05, 3.63) is 73.6 Å². The summed E-state index contributed by atoms with van der Waals surface area (Å²) >= 11 is 0. The molecule has 1 saturated heterocycles. The second-order valence-corrected chi connectivity index (χ2v) is 10.5. The van der Waals surface area contributed by atoms with Crippen molar-refractivity contribution in [2.45, 2.75) is 51.2 Å². The monoisotopic (exact) mass is 531 g/mol. The Morgan fingerprint density at radius 2 is 1.84 bits per heavy atom. The highest BCUT2D eigenvalue weighted by Crippen LogP contribution is 2.35. The van der Waals surface area contributed by atoms with Crippen LogP contribution in [-0.2, 0) is 45.9 Å². The Morgan fingerprint density at radius 1 is 1.03 bits per heavy atom. The van der Waals surface area contributed by atoms with Crippen molar-refractivity contribution in [1.82, 2.24) is 33.7 Å². The summed E-state index contributed by atoms with van der Waals surface area (Å²) in [5.41, 5.74) is 1.74. The first-order chi connectivity index (χ1) is 18.1. The normalized spacial score (nSPS) is 21.8. The van der Waals surface area contributed by atoms with Gasteiger partial charge in [-0.15, -0.1) is 10.2 Å². The van der Waals surface area contributed by atoms with Gasteiger partial charge in [-0.2, -0.15) is 13.2 Å². The van der Waals surface area contributed by atoms with Crippen LogP contribution < -0.4 is 11.0 Å². The summed E-state index contributed by atoms with van der Waals surface area (Å²) in [5, 5.41) is 17.7. The topological polar surface area (TPSA) is 101 Å². The Hall–Kier alpha value is -3.45. The van der Waals surface area contributed by atoms with Gasteiger partial charge in [-0.25, -0.2) is 0 Å². The van der Waals surface area contributed by atoms with E-state index in [1.54, 1.807) is 23.7 Å². The average Bonchev–Trinajstić information content (AvgIpc) is 3.30. The van der Waals surface area contributed by atoms with E-state index in [0.717, 1.165) is 35.5 Å². The third kappa shape index (κ3) is 4.33. The van der Waals surface area contributed by atoms with E-state index in [0.29, 0.717) is 31.2 Å². The summed E-state index contributed by atoms with van der Waals surface area (Å²) in [6.07, 6.45) is -3.55. The number of rotatable bonds is 4. The van der Waals surface area contributed by atoms with Crippen molar-refractivity contribution in [3.8, 4) is 5.75 Å². The van der Waals surface area contributed by atoms with Crippen molar-refractivity contribution >= 4 is 0 Å². The van der Waals surface area contributed by atoms with Gasteiger partial charge in [-0.3, -0.25) is 19.4 Å². The molecule has 0 aliphatic carbocycles. The van der Waals surface area contributed by atoms with E-state index in [-0.39, 0.29) is 42.7 Å². The molecule has 3 aromatic heterocycles. The van der Waals surface area contributed by atoms with E-state index < -0.39 is 17.4 Å². The molecule has 0 unspecified atom stereocenters. The number of hydrogen-bond donors (Lipinski definition) is 1. The van der Waals surface area contributed by atoms with Gasteiger partial charge < -0.3 is 18.8 Å². The van der Waals surface area contributed by atoms with Gasteiger partial charge in [-0.1, -0.05) is 6.07 Å². The van der Waals surface area contributed by atoms with Crippen LogP contribution in [0.25, 0.3) is 0 Å². The molecule has 3 aliphatic rings. The van der Waals surface area contributed by atoms with Crippen molar-refractivity contribution < 1.29 is 18.3 Å². The number of nitrogens with zero attached hydrogens (tertiary/aromatic N) is 7. The molecule has 0 aromatic carbocycles. The van der Waals surface area contributed by atoms with Gasteiger partial charge in [0.05, 0.1) is 12.2 Å². The second kappa shape index (κ2) is 9.09. The Kier molecular flexibility index (Phi) is 5.94. The zero-order chi connectivity index (χ0) is 26.8. The molecule has 1 N–H and O–H groups in total. The van der Waals surface area contributed by atoms with Crippen LogP contribution in [0.4, 0.5) is 13.2 Å². The highest BCUT2D eigenvalue weighted by atomic mass is 19.4. The Labute approximate surface area is 215 Å². The molecule has 10 nitrogen and oxygen atoms in total. The van der Waals surface area contributed by atoms with Gasteiger partial charge in [0, 0.05) is 82.3 Å². The minimum absolute atomic E-state index is 0.0295. The fourth-order valence-corrected chi connectivity index (χ4v) is 6.24. The number of halogens is 3. The molecule has 202 valence electrons. The van der Waals surface area contributed by atoms with Gasteiger partial charge in [0.25, 0.3) is 5.56 Å². The number of alkyl halides is 3. The Morgan fingerprint density at radius 3 is 2.63 bits per heavy atom. The number of fused-ring (bicyclic) bond motifs is 5. The van der Waals surface area contributed by atoms with Crippen LogP contribution in [0.2, 0.25) is 0 Å². The minimum Gasteiger partial charge on any atom is -0.503 e. The first kappa shape index (κ1) is 24.9. The average molecular weight is 532 g/mol. The molecule has 0 saturated carbocycles. The van der Waals surface area contributed by atoms with Gasteiger partial charge in [0.1, 0.15) is 5.82 Å². The van der Waals surface area contributed by atoms with E-state index >= 15 is 0 Å². The first-order valence-electron chi connectivity index (χ1n) is 12.6. The summed E-state index contributed by atoms with van der Waals surface area (Å²) in [6, 6.07) is 6.86. The number of hydrogen-bond acceptors (Lipinski definition) is 7. The van der Waals surface area contributed by atoms with Crippen LogP contribution in [0.3, 0.4) is 0 Å². The van der Waals surface area contributed by atoms with Crippen LogP contribution in [0, 0.1) is 5.92 Å². The molecule has 6 heterocycles. The Bertz CT molecular complexity index is 1510. The van der Waals surface area contributed by atoms with E-state index in [1.165, 1.54) is 6.07 Å². The lowest BCUT2D eigenvalue weighted by Gasteiger charge is -2.43. The van der Waals surface area contributed by atoms with Crippen molar-refractivity contribution in [2.24, 2.45) is 13.0 Å². The van der Waals surface area contributed by atoms with Gasteiger partial charge in [0.15, 0.2) is 5.75 Å². The maximum absolute atomic E-state index is 13.2. The predicted octanol–water partition coefficient (Wildman–Crippen LogP) is 1.50. The highest BCUT2D eigenvalue weighted by molar-refractivity contribution is 5.30. The van der Waals surface area contributed by atoms with Crippen molar-refractivity contribution in [1.29, 1.82) is 0 Å². The predicted molar refractivity (Wildman–Crippen MR) is 129 cm³/mol. The molecule has 13 heteroatoms. The summed E-state index contributed by atoms with van der Waals surface area (Å²) in [4.78, 5) is 29.2. The molecular formula is C25H28F3N7O3. The molecule has 6 rings (SSSR count). The summed E-state index contributed by atoms with van der Waals surface area (Å²) in [6.45, 7) is 3.39. The van der Waals surface area contributed by atoms with Crippen LogP contribution in [-0.4, -0.2) is 58.4 Å². The molecule has 38 heavy (non-hydrogen) atoms. The Balaban J connectivity index is 1.21. The number of aromatic nitrogens is 5. The van der Waals surface area contributed by atoms with E-state index in [1.807, 2.05) is 15.5 Å². The summed E-state index contributed by atoms with van der Waals surface area (Å²) in [7, 11) is 1.79. The fraction of sp³-hybridized carbons (Fsp3) is 0.520. The molecule has 0 radical (unpaired) electrons. The lowest BCUT2D eigenvalue weighted by atomic mass is 9.83. The number of aromatic hydroxyl groups is 1. The van der Waals surface area contributed by atoms with Crippen molar-refractivity contribution in [3.63, 3.8) is 0 Å². The largest absolute Gasteiger partial charge is 0.503 e. The molecule has 3 aliphatic heterocycles. The van der Waals surface area contributed by atoms with Gasteiger partial charge >= 0.3 is 6.18 Å². The molecule has 2 atom stereocenters. The smallest absolute Gasteiger partial charge is 0.451 e. The fourth-order valence-electron chi connectivity index (χ4n) is 6.24. The maximum Gasteiger partial charge on any atom is 0.451 e. The first-order valence-corrected chi connectivity index (χ1v) is 12.6. The third-order valence-corrected chi connectivity index (χ3v) is 8.04. The number of pyridine rings is 2. The molecule has 2 bridgehead atoms. The maximum atomic E-state index is 13.2. The van der Waals surface area contributed by atoms with Gasteiger partial charge in [0.2, 0.25) is 11.3 Å².